The summed E-state index contributed by atoms with van der Waals surface area (Å²) in [6.45, 7) is 8.15. The molecule has 96 valence electrons. The van der Waals surface area contributed by atoms with Crippen molar-refractivity contribution < 1.29 is 0 Å². The molecule has 1 N–H and O–H groups in total. The predicted octanol–water partition coefficient (Wildman–Crippen LogP) is 3.44. The van der Waals surface area contributed by atoms with Crippen LogP contribution in [-0.2, 0) is 0 Å². The van der Waals surface area contributed by atoms with Crippen molar-refractivity contribution in [1.82, 2.24) is 14.8 Å². The van der Waals surface area contributed by atoms with E-state index in [-0.39, 0.29) is 5.54 Å². The summed E-state index contributed by atoms with van der Waals surface area (Å²) in [6.07, 6.45) is 1.76. The Morgan fingerprint density at radius 3 is 2.56 bits per heavy atom. The van der Waals surface area contributed by atoms with Gasteiger partial charge in [0.15, 0.2) is 5.82 Å². The van der Waals surface area contributed by atoms with Gasteiger partial charge in [0.1, 0.15) is 5.82 Å². The number of anilines is 1. The molecule has 0 aliphatic rings. The Balaban J connectivity index is 2.32. The van der Waals surface area contributed by atoms with Gasteiger partial charge in [-0.15, -0.1) is 0 Å². The van der Waals surface area contributed by atoms with Gasteiger partial charge in [0.05, 0.1) is 16.9 Å². The van der Waals surface area contributed by atoms with E-state index in [1.165, 1.54) is 0 Å². The predicted molar refractivity (Wildman–Crippen MR) is 74.5 cm³/mol. The van der Waals surface area contributed by atoms with Crippen LogP contribution in [0.3, 0.4) is 0 Å². The Labute approximate surface area is 112 Å². The number of hydrogen-bond acceptors (Lipinski definition) is 3. The molecule has 5 heteroatoms. The summed E-state index contributed by atoms with van der Waals surface area (Å²) < 4.78 is 1.69. The largest absolute Gasteiger partial charge is 0.365 e. The molecule has 18 heavy (non-hydrogen) atoms. The molecule has 0 unspecified atom stereocenters. The molecule has 2 rings (SSSR count). The standard InChI is InChI=1S/C13H17ClN4/c1-9-10(14)8-18(17-9)12-7-5-6-11(15-12)16-13(2,3)4/h5-8H,1-4H3,(H,15,16). The van der Waals surface area contributed by atoms with Gasteiger partial charge < -0.3 is 5.32 Å². The maximum atomic E-state index is 6.00. The molecule has 2 heterocycles. The second-order valence-corrected chi connectivity index (χ2v) is 5.67. The Morgan fingerprint density at radius 1 is 1.28 bits per heavy atom. The van der Waals surface area contributed by atoms with Gasteiger partial charge in [-0.3, -0.25) is 0 Å². The highest BCUT2D eigenvalue weighted by Crippen LogP contribution is 2.17. The van der Waals surface area contributed by atoms with Crippen LogP contribution in [0.4, 0.5) is 5.82 Å². The Morgan fingerprint density at radius 2 is 2.00 bits per heavy atom. The van der Waals surface area contributed by atoms with E-state index in [2.05, 4.69) is 36.2 Å². The van der Waals surface area contributed by atoms with Gasteiger partial charge in [-0.05, 0) is 39.8 Å². The molecule has 0 aliphatic heterocycles. The van der Waals surface area contributed by atoms with Crippen LogP contribution >= 0.6 is 11.6 Å². The molecular formula is C13H17ClN4. The lowest BCUT2D eigenvalue weighted by molar-refractivity contribution is 0.629. The van der Waals surface area contributed by atoms with Crippen molar-refractivity contribution in [2.45, 2.75) is 33.2 Å². The molecule has 0 amide bonds. The van der Waals surface area contributed by atoms with Crippen LogP contribution in [0.25, 0.3) is 5.82 Å². The summed E-state index contributed by atoms with van der Waals surface area (Å²) in [5.41, 5.74) is 0.774. The number of hydrogen-bond donors (Lipinski definition) is 1. The van der Waals surface area contributed by atoms with Crippen molar-refractivity contribution in [3.63, 3.8) is 0 Å². The van der Waals surface area contributed by atoms with Crippen molar-refractivity contribution in [2.75, 3.05) is 5.32 Å². The van der Waals surface area contributed by atoms with E-state index < -0.39 is 0 Å². The minimum absolute atomic E-state index is 0.0245. The van der Waals surface area contributed by atoms with Gasteiger partial charge in [0.25, 0.3) is 0 Å². The van der Waals surface area contributed by atoms with Crippen molar-refractivity contribution in [3.8, 4) is 5.82 Å². The van der Waals surface area contributed by atoms with Gasteiger partial charge in [0.2, 0.25) is 0 Å². The number of aromatic nitrogens is 3. The lowest BCUT2D eigenvalue weighted by Crippen LogP contribution is -2.26. The van der Waals surface area contributed by atoms with E-state index in [4.69, 9.17) is 11.6 Å². The van der Waals surface area contributed by atoms with E-state index in [0.29, 0.717) is 5.02 Å². The van der Waals surface area contributed by atoms with E-state index in [1.54, 1.807) is 10.9 Å². The maximum Gasteiger partial charge on any atom is 0.155 e. The van der Waals surface area contributed by atoms with E-state index in [9.17, 15) is 0 Å². The smallest absolute Gasteiger partial charge is 0.155 e. The highest BCUT2D eigenvalue weighted by molar-refractivity contribution is 6.31. The first kappa shape index (κ1) is 12.9. The van der Waals surface area contributed by atoms with E-state index in [1.807, 2.05) is 25.1 Å². The molecule has 0 bridgehead atoms. The molecule has 0 radical (unpaired) electrons. The summed E-state index contributed by atoms with van der Waals surface area (Å²) in [6, 6.07) is 5.78. The molecule has 0 fully saturated rings. The van der Waals surface area contributed by atoms with Crippen LogP contribution in [0, 0.1) is 6.92 Å². The average Bonchev–Trinajstić information content (AvgIpc) is 2.57. The number of halogens is 1. The summed E-state index contributed by atoms with van der Waals surface area (Å²) >= 11 is 6.00. The fraction of sp³-hybridized carbons (Fsp3) is 0.385. The molecular weight excluding hydrogens is 248 g/mol. The quantitative estimate of drug-likeness (QED) is 0.904. The molecule has 4 nitrogen and oxygen atoms in total. The third kappa shape index (κ3) is 3.01. The topological polar surface area (TPSA) is 42.7 Å². The number of nitrogens with zero attached hydrogens (tertiary/aromatic N) is 3. The lowest BCUT2D eigenvalue weighted by atomic mass is 10.1. The van der Waals surface area contributed by atoms with Crippen molar-refractivity contribution in [2.24, 2.45) is 0 Å². The van der Waals surface area contributed by atoms with Gasteiger partial charge in [-0.1, -0.05) is 17.7 Å². The Hall–Kier alpha value is -1.55. The van der Waals surface area contributed by atoms with Crippen molar-refractivity contribution in [1.29, 1.82) is 0 Å². The van der Waals surface area contributed by atoms with Crippen LogP contribution in [0.1, 0.15) is 26.5 Å². The van der Waals surface area contributed by atoms with Crippen LogP contribution < -0.4 is 5.32 Å². The summed E-state index contributed by atoms with van der Waals surface area (Å²) in [5.74, 6) is 1.57. The Bertz CT molecular complexity index is 535. The minimum Gasteiger partial charge on any atom is -0.365 e. The average molecular weight is 265 g/mol. The lowest BCUT2D eigenvalue weighted by Gasteiger charge is -2.21. The van der Waals surface area contributed by atoms with Crippen LogP contribution in [0.15, 0.2) is 24.4 Å². The summed E-state index contributed by atoms with van der Waals surface area (Å²) in [5, 5.41) is 8.28. The molecule has 0 saturated carbocycles. The monoisotopic (exact) mass is 264 g/mol. The molecule has 2 aromatic rings. The van der Waals surface area contributed by atoms with Gasteiger partial charge in [-0.25, -0.2) is 9.67 Å². The summed E-state index contributed by atoms with van der Waals surface area (Å²) in [4.78, 5) is 4.51. The minimum atomic E-state index is -0.0245. The molecule has 0 aromatic carbocycles. The van der Waals surface area contributed by atoms with Crippen LogP contribution in [0.5, 0.6) is 0 Å². The molecule has 0 atom stereocenters. The van der Waals surface area contributed by atoms with Gasteiger partial charge >= 0.3 is 0 Å². The zero-order chi connectivity index (χ0) is 13.3. The number of aryl methyl sites for hydroxylation is 1. The fourth-order valence-corrected chi connectivity index (χ4v) is 1.69. The van der Waals surface area contributed by atoms with Crippen LogP contribution in [-0.4, -0.2) is 20.3 Å². The van der Waals surface area contributed by atoms with E-state index >= 15 is 0 Å². The zero-order valence-corrected chi connectivity index (χ0v) is 11.8. The van der Waals surface area contributed by atoms with E-state index in [0.717, 1.165) is 17.3 Å². The van der Waals surface area contributed by atoms with Crippen molar-refractivity contribution in [3.05, 3.63) is 35.1 Å². The maximum absolute atomic E-state index is 6.00. The normalized spacial score (nSPS) is 11.6. The fourth-order valence-electron chi connectivity index (χ4n) is 1.56. The van der Waals surface area contributed by atoms with Gasteiger partial charge in [-0.2, -0.15) is 5.10 Å². The van der Waals surface area contributed by atoms with Crippen LogP contribution in [0.2, 0.25) is 5.02 Å². The SMILES string of the molecule is Cc1nn(-c2cccc(NC(C)(C)C)n2)cc1Cl. The van der Waals surface area contributed by atoms with Gasteiger partial charge in [0, 0.05) is 5.54 Å². The third-order valence-electron chi connectivity index (χ3n) is 2.31. The molecule has 0 spiro atoms. The number of pyridine rings is 1. The zero-order valence-electron chi connectivity index (χ0n) is 11.0. The molecule has 0 aliphatic carbocycles. The highest BCUT2D eigenvalue weighted by atomic mass is 35.5. The summed E-state index contributed by atoms with van der Waals surface area (Å²) in [7, 11) is 0. The Kier molecular flexibility index (Phi) is 3.30. The molecule has 0 saturated heterocycles. The second kappa shape index (κ2) is 4.61. The number of nitrogens with one attached hydrogen (secondary N) is 1. The first-order chi connectivity index (χ1) is 8.35. The molecule has 2 aromatic heterocycles. The highest BCUT2D eigenvalue weighted by Gasteiger charge is 2.11. The third-order valence-corrected chi connectivity index (χ3v) is 2.68. The number of rotatable bonds is 2. The van der Waals surface area contributed by atoms with Crippen molar-refractivity contribution >= 4 is 17.4 Å². The first-order valence-corrected chi connectivity index (χ1v) is 6.20. The second-order valence-electron chi connectivity index (χ2n) is 5.26. The first-order valence-electron chi connectivity index (χ1n) is 5.82.